The van der Waals surface area contributed by atoms with Crippen molar-refractivity contribution in [2.75, 3.05) is 7.11 Å². The highest BCUT2D eigenvalue weighted by Gasteiger charge is 2.08. The summed E-state index contributed by atoms with van der Waals surface area (Å²) >= 11 is 0. The first kappa shape index (κ1) is 19.1. The standard InChI is InChI=1S/C23H17F2NO2/c1-27-23-12-16(10-19(14-26)18-5-3-7-21(25)13-18)8-9-22(23)28-15-17-4-2-6-20(24)11-17/h2-13H,15H2,1H3/b19-10-. The minimum Gasteiger partial charge on any atom is -0.493 e. The molecular weight excluding hydrogens is 360 g/mol. The predicted octanol–water partition coefficient (Wildman–Crippen LogP) is 5.62. The number of halogens is 2. The highest BCUT2D eigenvalue weighted by Crippen LogP contribution is 2.30. The van der Waals surface area contributed by atoms with Gasteiger partial charge < -0.3 is 9.47 Å². The fraction of sp³-hybridized carbons (Fsp3) is 0.0870. The van der Waals surface area contributed by atoms with Crippen molar-refractivity contribution in [1.82, 2.24) is 0 Å². The van der Waals surface area contributed by atoms with E-state index in [0.717, 1.165) is 0 Å². The molecule has 3 nitrogen and oxygen atoms in total. The number of nitriles is 1. The normalized spacial score (nSPS) is 11.0. The highest BCUT2D eigenvalue weighted by molar-refractivity contribution is 5.89. The van der Waals surface area contributed by atoms with E-state index in [1.807, 2.05) is 0 Å². The molecule has 3 aromatic rings. The van der Waals surface area contributed by atoms with Crippen LogP contribution in [0.3, 0.4) is 0 Å². The smallest absolute Gasteiger partial charge is 0.161 e. The maximum absolute atomic E-state index is 13.4. The van der Waals surface area contributed by atoms with Gasteiger partial charge in [0.05, 0.1) is 18.8 Å². The van der Waals surface area contributed by atoms with Gasteiger partial charge in [0.2, 0.25) is 0 Å². The molecule has 0 aliphatic carbocycles. The van der Waals surface area contributed by atoms with Crippen LogP contribution < -0.4 is 9.47 Å². The van der Waals surface area contributed by atoms with Gasteiger partial charge in [0, 0.05) is 0 Å². The lowest BCUT2D eigenvalue weighted by Crippen LogP contribution is -1.98. The monoisotopic (exact) mass is 377 g/mol. The van der Waals surface area contributed by atoms with Gasteiger partial charge in [-0.15, -0.1) is 0 Å². The van der Waals surface area contributed by atoms with E-state index in [9.17, 15) is 14.0 Å². The van der Waals surface area contributed by atoms with E-state index < -0.39 is 5.82 Å². The summed E-state index contributed by atoms with van der Waals surface area (Å²) in [6, 6.07) is 19.3. The molecule has 0 spiro atoms. The van der Waals surface area contributed by atoms with Crippen molar-refractivity contribution in [2.24, 2.45) is 0 Å². The summed E-state index contributed by atoms with van der Waals surface area (Å²) < 4.78 is 37.8. The molecule has 0 fully saturated rings. The maximum atomic E-state index is 13.4. The summed E-state index contributed by atoms with van der Waals surface area (Å²) in [5, 5.41) is 9.42. The number of hydrogen-bond acceptors (Lipinski definition) is 3. The van der Waals surface area contributed by atoms with Crippen LogP contribution in [-0.4, -0.2) is 7.11 Å². The van der Waals surface area contributed by atoms with Crippen molar-refractivity contribution >= 4 is 11.6 Å². The second-order valence-electron chi connectivity index (χ2n) is 6.01. The molecule has 3 rings (SSSR count). The first-order valence-electron chi connectivity index (χ1n) is 8.52. The van der Waals surface area contributed by atoms with Crippen molar-refractivity contribution in [3.05, 3.63) is 95.1 Å². The van der Waals surface area contributed by atoms with E-state index in [2.05, 4.69) is 6.07 Å². The van der Waals surface area contributed by atoms with Gasteiger partial charge in [0.25, 0.3) is 0 Å². The van der Waals surface area contributed by atoms with Gasteiger partial charge in [-0.05, 0) is 59.2 Å². The van der Waals surface area contributed by atoms with Gasteiger partial charge >= 0.3 is 0 Å². The van der Waals surface area contributed by atoms with Crippen LogP contribution in [0.15, 0.2) is 66.7 Å². The lowest BCUT2D eigenvalue weighted by Gasteiger charge is -2.12. The fourth-order valence-corrected chi connectivity index (χ4v) is 2.68. The van der Waals surface area contributed by atoms with E-state index in [4.69, 9.17) is 9.47 Å². The number of methoxy groups -OCH3 is 1. The summed E-state index contributed by atoms with van der Waals surface area (Å²) in [6.07, 6.45) is 1.65. The molecule has 0 N–H and O–H groups in total. The quantitative estimate of drug-likeness (QED) is 0.414. The molecule has 0 unspecified atom stereocenters. The number of benzene rings is 3. The zero-order valence-electron chi connectivity index (χ0n) is 15.2. The SMILES string of the molecule is COc1cc(/C=C(/C#N)c2cccc(F)c2)ccc1OCc1cccc(F)c1. The molecule has 5 heteroatoms. The molecule has 0 saturated heterocycles. The maximum Gasteiger partial charge on any atom is 0.161 e. The highest BCUT2D eigenvalue weighted by atomic mass is 19.1. The minimum atomic E-state index is -0.405. The second kappa shape index (κ2) is 8.83. The molecular formula is C23H17F2NO2. The Labute approximate surface area is 162 Å². The molecule has 0 saturated carbocycles. The number of allylic oxidation sites excluding steroid dienone is 1. The molecule has 28 heavy (non-hydrogen) atoms. The van der Waals surface area contributed by atoms with Gasteiger partial charge in [0.15, 0.2) is 11.5 Å². The van der Waals surface area contributed by atoms with Crippen LogP contribution in [0.25, 0.3) is 11.6 Å². The summed E-state index contributed by atoms with van der Waals surface area (Å²) in [5.41, 5.74) is 2.22. The molecule has 0 aliphatic rings. The first-order valence-corrected chi connectivity index (χ1v) is 8.52. The number of nitrogens with zero attached hydrogens (tertiary/aromatic N) is 1. The van der Waals surface area contributed by atoms with Gasteiger partial charge in [-0.2, -0.15) is 5.26 Å². The van der Waals surface area contributed by atoms with Gasteiger partial charge in [-0.3, -0.25) is 0 Å². The van der Waals surface area contributed by atoms with Gasteiger partial charge in [-0.1, -0.05) is 30.3 Å². The Morgan fingerprint density at radius 3 is 2.39 bits per heavy atom. The first-order chi connectivity index (χ1) is 13.6. The summed E-state index contributed by atoms with van der Waals surface area (Å²) in [4.78, 5) is 0. The van der Waals surface area contributed by atoms with Crippen LogP contribution in [0.4, 0.5) is 8.78 Å². The van der Waals surface area contributed by atoms with Crippen LogP contribution in [0.5, 0.6) is 11.5 Å². The van der Waals surface area contributed by atoms with Crippen molar-refractivity contribution in [2.45, 2.75) is 6.61 Å². The van der Waals surface area contributed by atoms with E-state index in [0.29, 0.717) is 33.8 Å². The van der Waals surface area contributed by atoms with Crippen LogP contribution in [0.1, 0.15) is 16.7 Å². The summed E-state index contributed by atoms with van der Waals surface area (Å²) in [5.74, 6) is 0.238. The number of hydrogen-bond donors (Lipinski definition) is 0. The Hall–Kier alpha value is -3.65. The van der Waals surface area contributed by atoms with Gasteiger partial charge in [0.1, 0.15) is 18.2 Å². The van der Waals surface area contributed by atoms with E-state index in [-0.39, 0.29) is 12.4 Å². The van der Waals surface area contributed by atoms with Crippen LogP contribution in [0, 0.1) is 23.0 Å². The molecule has 0 atom stereocenters. The number of rotatable bonds is 6. The molecule has 140 valence electrons. The Bertz CT molecular complexity index is 1050. The van der Waals surface area contributed by atoms with Crippen molar-refractivity contribution in [3.8, 4) is 17.6 Å². The minimum absolute atomic E-state index is 0.191. The molecule has 0 heterocycles. The van der Waals surface area contributed by atoms with E-state index in [1.165, 1.54) is 31.4 Å². The largest absolute Gasteiger partial charge is 0.493 e. The Kier molecular flexibility index (Phi) is 6.03. The van der Waals surface area contributed by atoms with Crippen molar-refractivity contribution in [3.63, 3.8) is 0 Å². The lowest BCUT2D eigenvalue weighted by atomic mass is 10.0. The topological polar surface area (TPSA) is 42.2 Å². The van der Waals surface area contributed by atoms with Gasteiger partial charge in [-0.25, -0.2) is 8.78 Å². The fourth-order valence-electron chi connectivity index (χ4n) is 2.68. The van der Waals surface area contributed by atoms with Crippen molar-refractivity contribution in [1.29, 1.82) is 5.26 Å². The van der Waals surface area contributed by atoms with Crippen molar-refractivity contribution < 1.29 is 18.3 Å². The van der Waals surface area contributed by atoms with Crippen LogP contribution >= 0.6 is 0 Å². The van der Waals surface area contributed by atoms with Crippen LogP contribution in [0.2, 0.25) is 0 Å². The third kappa shape index (κ3) is 4.74. The molecule has 0 amide bonds. The van der Waals surface area contributed by atoms with Crippen LogP contribution in [-0.2, 0) is 6.61 Å². The summed E-state index contributed by atoms with van der Waals surface area (Å²) in [6.45, 7) is 0.191. The summed E-state index contributed by atoms with van der Waals surface area (Å²) in [7, 11) is 1.51. The average molecular weight is 377 g/mol. The third-order valence-electron chi connectivity index (χ3n) is 4.04. The predicted molar refractivity (Wildman–Crippen MR) is 104 cm³/mol. The Morgan fingerprint density at radius 1 is 0.964 bits per heavy atom. The average Bonchev–Trinajstić information content (AvgIpc) is 2.70. The molecule has 0 bridgehead atoms. The third-order valence-corrected chi connectivity index (χ3v) is 4.04. The second-order valence-corrected chi connectivity index (χ2v) is 6.01. The zero-order valence-corrected chi connectivity index (χ0v) is 15.2. The van der Waals surface area contributed by atoms with E-state index >= 15 is 0 Å². The number of ether oxygens (including phenoxy) is 2. The van der Waals surface area contributed by atoms with E-state index in [1.54, 1.807) is 48.5 Å². The molecule has 3 aromatic carbocycles. The molecule has 0 aliphatic heterocycles. The lowest BCUT2D eigenvalue weighted by molar-refractivity contribution is 0.284. The zero-order chi connectivity index (χ0) is 19.9. The molecule has 0 radical (unpaired) electrons. The Morgan fingerprint density at radius 2 is 1.71 bits per heavy atom. The molecule has 0 aromatic heterocycles. The Balaban J connectivity index is 1.83.